The quantitative estimate of drug-likeness (QED) is 0.629. The molecule has 0 aliphatic carbocycles. The van der Waals surface area contributed by atoms with Crippen LogP contribution in [0.3, 0.4) is 0 Å². The summed E-state index contributed by atoms with van der Waals surface area (Å²) in [5, 5.41) is 8.24. The largest absolute Gasteiger partial charge is 0.393 e. The first-order chi connectivity index (χ1) is 10.5. The molecule has 0 saturated carbocycles. The van der Waals surface area contributed by atoms with Crippen LogP contribution in [0.5, 0.6) is 0 Å². The van der Waals surface area contributed by atoms with Crippen LogP contribution in [0.15, 0.2) is 30.6 Å². The highest BCUT2D eigenvalue weighted by Crippen LogP contribution is 2.23. The van der Waals surface area contributed by atoms with Crippen LogP contribution in [0.2, 0.25) is 0 Å². The first-order valence-electron chi connectivity index (χ1n) is 6.90. The van der Waals surface area contributed by atoms with Crippen LogP contribution in [0.4, 0.5) is 11.5 Å². The van der Waals surface area contributed by atoms with Gasteiger partial charge in [0.25, 0.3) is 0 Å². The Labute approximate surface area is 127 Å². The summed E-state index contributed by atoms with van der Waals surface area (Å²) in [6.07, 6.45) is 1.44. The molecule has 0 radical (unpaired) electrons. The summed E-state index contributed by atoms with van der Waals surface area (Å²) in [5.41, 5.74) is 14.2. The van der Waals surface area contributed by atoms with Gasteiger partial charge in [-0.25, -0.2) is 15.4 Å². The summed E-state index contributed by atoms with van der Waals surface area (Å²) in [7, 11) is 0. The maximum atomic E-state index is 6.18. The van der Waals surface area contributed by atoms with Gasteiger partial charge in [0.15, 0.2) is 11.6 Å². The van der Waals surface area contributed by atoms with Crippen molar-refractivity contribution in [3.8, 4) is 5.82 Å². The zero-order valence-corrected chi connectivity index (χ0v) is 12.7. The number of para-hydroxylation sites is 1. The summed E-state index contributed by atoms with van der Waals surface area (Å²) in [5.74, 6) is 0.987. The van der Waals surface area contributed by atoms with E-state index in [1.54, 1.807) is 4.68 Å². The van der Waals surface area contributed by atoms with E-state index in [9.17, 15) is 0 Å². The minimum atomic E-state index is -0.127. The summed E-state index contributed by atoms with van der Waals surface area (Å²) in [6, 6.07) is 7.62. The van der Waals surface area contributed by atoms with E-state index in [-0.39, 0.29) is 5.54 Å². The number of rotatable bonds is 3. The molecular weight excluding hydrogens is 280 g/mol. The average Bonchev–Trinajstić information content (AvgIpc) is 2.89. The molecule has 2 heterocycles. The topological polar surface area (TPSA) is 107 Å². The molecular formula is C14H18N8. The van der Waals surface area contributed by atoms with Crippen molar-refractivity contribution in [3.05, 3.63) is 30.6 Å². The van der Waals surface area contributed by atoms with Crippen molar-refractivity contribution in [2.45, 2.75) is 26.3 Å². The molecule has 3 aromatic rings. The van der Waals surface area contributed by atoms with Crippen molar-refractivity contribution in [2.75, 3.05) is 11.2 Å². The van der Waals surface area contributed by atoms with E-state index < -0.39 is 0 Å². The molecule has 0 amide bonds. The highest BCUT2D eigenvalue weighted by Gasteiger charge is 2.15. The number of hydrogen-bond acceptors (Lipinski definition) is 7. The first-order valence-corrected chi connectivity index (χ1v) is 6.90. The van der Waals surface area contributed by atoms with Crippen molar-refractivity contribution in [1.82, 2.24) is 30.4 Å². The van der Waals surface area contributed by atoms with Gasteiger partial charge >= 0.3 is 0 Å². The van der Waals surface area contributed by atoms with Gasteiger partial charge in [0, 0.05) is 5.54 Å². The van der Waals surface area contributed by atoms with E-state index in [0.29, 0.717) is 17.3 Å². The molecule has 114 valence electrons. The zero-order valence-electron chi connectivity index (χ0n) is 12.7. The van der Waals surface area contributed by atoms with Crippen molar-refractivity contribution in [2.24, 2.45) is 0 Å². The Hall–Kier alpha value is -2.74. The molecule has 8 heteroatoms. The van der Waals surface area contributed by atoms with E-state index >= 15 is 0 Å². The molecule has 0 aliphatic heterocycles. The van der Waals surface area contributed by atoms with E-state index in [1.807, 2.05) is 45.0 Å². The Morgan fingerprint density at radius 3 is 2.68 bits per heavy atom. The molecule has 4 N–H and O–H groups in total. The van der Waals surface area contributed by atoms with E-state index in [1.165, 1.54) is 6.33 Å². The minimum absolute atomic E-state index is 0.127. The molecule has 0 aliphatic rings. The number of hydrogen-bond donors (Lipinski definition) is 3. The van der Waals surface area contributed by atoms with Gasteiger partial charge in [0.2, 0.25) is 0 Å². The number of aromatic nitrogens is 5. The van der Waals surface area contributed by atoms with Crippen LogP contribution in [-0.2, 0) is 0 Å². The Kier molecular flexibility index (Phi) is 3.38. The number of fused-ring (bicyclic) bond motifs is 1. The molecule has 1 aromatic carbocycles. The number of nitrogen functional groups attached to an aromatic ring is 1. The fourth-order valence-corrected chi connectivity index (χ4v) is 1.93. The van der Waals surface area contributed by atoms with Crippen molar-refractivity contribution >= 4 is 22.5 Å². The van der Waals surface area contributed by atoms with Gasteiger partial charge in [0.1, 0.15) is 17.5 Å². The lowest BCUT2D eigenvalue weighted by atomic mass is 10.1. The van der Waals surface area contributed by atoms with Crippen LogP contribution in [-0.4, -0.2) is 30.5 Å². The van der Waals surface area contributed by atoms with E-state index in [0.717, 1.165) is 11.0 Å². The molecule has 0 bridgehead atoms. The number of nitrogens with two attached hydrogens (primary N) is 1. The summed E-state index contributed by atoms with van der Waals surface area (Å²) in [4.78, 5) is 8.39. The van der Waals surface area contributed by atoms with Crippen molar-refractivity contribution < 1.29 is 0 Å². The molecule has 0 atom stereocenters. The molecule has 0 fully saturated rings. The number of hydrazine groups is 1. The van der Waals surface area contributed by atoms with Crippen LogP contribution in [0, 0.1) is 0 Å². The molecule has 3 rings (SSSR count). The molecule has 0 spiro atoms. The summed E-state index contributed by atoms with van der Waals surface area (Å²) < 4.78 is 1.61. The molecule has 2 aromatic heterocycles. The fourth-order valence-electron chi connectivity index (χ4n) is 1.93. The maximum Gasteiger partial charge on any atom is 0.184 e. The third-order valence-electron chi connectivity index (χ3n) is 2.97. The fraction of sp³-hybridized carbons (Fsp3) is 0.286. The van der Waals surface area contributed by atoms with Crippen molar-refractivity contribution in [3.63, 3.8) is 0 Å². The lowest BCUT2D eigenvalue weighted by Crippen LogP contribution is -2.40. The van der Waals surface area contributed by atoms with Crippen LogP contribution in [0.1, 0.15) is 20.8 Å². The monoisotopic (exact) mass is 298 g/mol. The Morgan fingerprint density at radius 2 is 1.91 bits per heavy atom. The molecule has 0 unspecified atom stereocenters. The predicted octanol–water partition coefficient (Wildman–Crippen LogP) is 1.51. The van der Waals surface area contributed by atoms with Gasteiger partial charge < -0.3 is 11.2 Å². The number of anilines is 2. The zero-order chi connectivity index (χ0) is 15.7. The Bertz CT molecular complexity index is 802. The van der Waals surface area contributed by atoms with Crippen LogP contribution < -0.4 is 16.6 Å². The van der Waals surface area contributed by atoms with E-state index in [2.05, 4.69) is 31.1 Å². The van der Waals surface area contributed by atoms with Gasteiger partial charge in [-0.2, -0.15) is 4.68 Å². The lowest BCUT2D eigenvalue weighted by Gasteiger charge is -2.22. The van der Waals surface area contributed by atoms with E-state index in [4.69, 9.17) is 5.73 Å². The van der Waals surface area contributed by atoms with Gasteiger partial charge in [-0.3, -0.25) is 0 Å². The number of nitrogens with one attached hydrogen (secondary N) is 2. The molecule has 22 heavy (non-hydrogen) atoms. The minimum Gasteiger partial charge on any atom is -0.393 e. The Balaban J connectivity index is 2.01. The standard InChI is InChI=1S/C14H18N8/c1-14(2,3)20-19-12-11(15)13(17-8-16-12)22-10-7-5-4-6-9(10)18-21-22/h4-8,20H,15H2,1-3H3,(H,16,17,19). The number of nitrogens with zero attached hydrogens (tertiary/aromatic N) is 5. The summed E-state index contributed by atoms with van der Waals surface area (Å²) >= 11 is 0. The number of benzene rings is 1. The second kappa shape index (κ2) is 5.23. The normalized spacial score (nSPS) is 11.8. The third-order valence-corrected chi connectivity index (χ3v) is 2.97. The maximum absolute atomic E-state index is 6.18. The molecule has 0 saturated heterocycles. The van der Waals surface area contributed by atoms with Gasteiger partial charge in [0.05, 0.1) is 5.52 Å². The van der Waals surface area contributed by atoms with Crippen LogP contribution in [0.25, 0.3) is 16.9 Å². The first kappa shape index (κ1) is 14.2. The lowest BCUT2D eigenvalue weighted by molar-refractivity contribution is 0.464. The second-order valence-corrected chi connectivity index (χ2v) is 5.95. The SMILES string of the molecule is CC(C)(C)NNc1ncnc(-n2nnc3ccccc32)c1N. The van der Waals surface area contributed by atoms with Crippen LogP contribution >= 0.6 is 0 Å². The average molecular weight is 298 g/mol. The predicted molar refractivity (Wildman–Crippen MR) is 85.4 cm³/mol. The highest BCUT2D eigenvalue weighted by molar-refractivity contribution is 5.78. The highest BCUT2D eigenvalue weighted by atomic mass is 15.5. The smallest absolute Gasteiger partial charge is 0.184 e. The summed E-state index contributed by atoms with van der Waals surface area (Å²) in [6.45, 7) is 6.09. The Morgan fingerprint density at radius 1 is 1.14 bits per heavy atom. The van der Waals surface area contributed by atoms with Gasteiger partial charge in [-0.1, -0.05) is 17.3 Å². The second-order valence-electron chi connectivity index (χ2n) is 5.95. The van der Waals surface area contributed by atoms with Gasteiger partial charge in [-0.15, -0.1) is 5.10 Å². The third kappa shape index (κ3) is 2.68. The van der Waals surface area contributed by atoms with Gasteiger partial charge in [-0.05, 0) is 32.9 Å². The molecule has 8 nitrogen and oxygen atoms in total. The van der Waals surface area contributed by atoms with Crippen molar-refractivity contribution in [1.29, 1.82) is 0 Å².